The van der Waals surface area contributed by atoms with Gasteiger partial charge in [0.25, 0.3) is 5.69 Å². The highest BCUT2D eigenvalue weighted by atomic mass is 16.6. The minimum absolute atomic E-state index is 0.0296. The maximum Gasteiger partial charge on any atom is 0.272 e. The predicted molar refractivity (Wildman–Crippen MR) is 82.9 cm³/mol. The molecule has 0 saturated carbocycles. The van der Waals surface area contributed by atoms with Crippen LogP contribution in [0.5, 0.6) is 5.75 Å². The second kappa shape index (κ2) is 6.26. The van der Waals surface area contributed by atoms with Crippen LogP contribution in [0.4, 0.5) is 11.4 Å². The van der Waals surface area contributed by atoms with E-state index in [1.807, 2.05) is 31.2 Å². The lowest BCUT2D eigenvalue weighted by Crippen LogP contribution is -2.08. The Kier molecular flexibility index (Phi) is 4.42. The van der Waals surface area contributed by atoms with Gasteiger partial charge in [0.1, 0.15) is 5.75 Å². The lowest BCUT2D eigenvalue weighted by Gasteiger charge is -2.18. The molecule has 1 atom stereocenters. The first kappa shape index (κ1) is 14.8. The highest BCUT2D eigenvalue weighted by Crippen LogP contribution is 2.29. The molecule has 0 bridgehead atoms. The predicted octanol–water partition coefficient (Wildman–Crippen LogP) is 4.08. The Morgan fingerprint density at radius 1 is 1.24 bits per heavy atom. The summed E-state index contributed by atoms with van der Waals surface area (Å²) in [5.74, 6) is 0.816. The zero-order valence-electron chi connectivity index (χ0n) is 12.3. The van der Waals surface area contributed by atoms with Crippen molar-refractivity contribution in [2.45, 2.75) is 19.9 Å². The van der Waals surface area contributed by atoms with Crippen LogP contribution in [0.3, 0.4) is 0 Å². The summed E-state index contributed by atoms with van der Waals surface area (Å²) < 4.78 is 5.35. The van der Waals surface area contributed by atoms with Gasteiger partial charge in [-0.2, -0.15) is 0 Å². The third kappa shape index (κ3) is 3.31. The van der Waals surface area contributed by atoms with Crippen LogP contribution in [-0.2, 0) is 0 Å². The van der Waals surface area contributed by atoms with Crippen LogP contribution in [0.2, 0.25) is 0 Å². The van der Waals surface area contributed by atoms with Gasteiger partial charge in [0, 0.05) is 22.9 Å². The van der Waals surface area contributed by atoms with Gasteiger partial charge in [0.05, 0.1) is 18.1 Å². The Hall–Kier alpha value is -2.56. The SMILES string of the molecule is COc1ccccc1C(C)Nc1ccc([N+](=O)[O-])c(C)c1. The molecule has 0 spiro atoms. The minimum Gasteiger partial charge on any atom is -0.496 e. The van der Waals surface area contributed by atoms with Gasteiger partial charge >= 0.3 is 0 Å². The van der Waals surface area contributed by atoms with Gasteiger partial charge in [0.2, 0.25) is 0 Å². The van der Waals surface area contributed by atoms with Gasteiger partial charge in [-0.25, -0.2) is 0 Å². The molecular weight excluding hydrogens is 268 g/mol. The fourth-order valence-corrected chi connectivity index (χ4v) is 2.30. The van der Waals surface area contributed by atoms with E-state index in [4.69, 9.17) is 4.74 Å². The normalized spacial score (nSPS) is 11.8. The molecule has 0 fully saturated rings. The van der Waals surface area contributed by atoms with E-state index in [0.717, 1.165) is 17.0 Å². The van der Waals surface area contributed by atoms with Crippen LogP contribution in [0.15, 0.2) is 42.5 Å². The zero-order chi connectivity index (χ0) is 15.4. The molecule has 0 aliphatic heterocycles. The molecule has 0 amide bonds. The van der Waals surface area contributed by atoms with Gasteiger partial charge in [-0.15, -0.1) is 0 Å². The van der Waals surface area contributed by atoms with Crippen molar-refractivity contribution >= 4 is 11.4 Å². The van der Waals surface area contributed by atoms with E-state index in [-0.39, 0.29) is 16.7 Å². The number of nitrogens with one attached hydrogen (secondary N) is 1. The molecule has 0 radical (unpaired) electrons. The number of benzene rings is 2. The van der Waals surface area contributed by atoms with Crippen LogP contribution in [0.25, 0.3) is 0 Å². The summed E-state index contributed by atoms with van der Waals surface area (Å²) in [5, 5.41) is 14.2. The number of anilines is 1. The number of hydrogen-bond acceptors (Lipinski definition) is 4. The molecule has 0 saturated heterocycles. The molecule has 2 aromatic carbocycles. The fourth-order valence-electron chi connectivity index (χ4n) is 2.30. The molecule has 21 heavy (non-hydrogen) atoms. The third-order valence-corrected chi connectivity index (χ3v) is 3.38. The molecule has 2 rings (SSSR count). The van der Waals surface area contributed by atoms with Crippen molar-refractivity contribution in [2.75, 3.05) is 12.4 Å². The fraction of sp³-hybridized carbons (Fsp3) is 0.250. The van der Waals surface area contributed by atoms with E-state index >= 15 is 0 Å². The van der Waals surface area contributed by atoms with Crippen molar-refractivity contribution in [2.24, 2.45) is 0 Å². The monoisotopic (exact) mass is 286 g/mol. The van der Waals surface area contributed by atoms with Gasteiger partial charge in [-0.3, -0.25) is 10.1 Å². The van der Waals surface area contributed by atoms with E-state index in [0.29, 0.717) is 5.56 Å². The number of ether oxygens (including phenoxy) is 1. The zero-order valence-corrected chi connectivity index (χ0v) is 12.3. The standard InChI is InChI=1S/C16H18N2O3/c1-11-10-13(8-9-15(11)18(19)20)17-12(2)14-6-4-5-7-16(14)21-3/h4-10,12,17H,1-3H3. The minimum atomic E-state index is -0.372. The summed E-state index contributed by atoms with van der Waals surface area (Å²) >= 11 is 0. The number of nitrogens with zero attached hydrogens (tertiary/aromatic N) is 1. The van der Waals surface area contributed by atoms with Crippen molar-refractivity contribution < 1.29 is 9.66 Å². The topological polar surface area (TPSA) is 64.4 Å². The summed E-state index contributed by atoms with van der Waals surface area (Å²) in [7, 11) is 1.64. The number of rotatable bonds is 5. The molecule has 1 N–H and O–H groups in total. The summed E-state index contributed by atoms with van der Waals surface area (Å²) in [4.78, 5) is 10.5. The average molecular weight is 286 g/mol. The smallest absolute Gasteiger partial charge is 0.272 e. The molecule has 0 aromatic heterocycles. The van der Waals surface area contributed by atoms with Crippen LogP contribution < -0.4 is 10.1 Å². The second-order valence-corrected chi connectivity index (χ2v) is 4.87. The largest absolute Gasteiger partial charge is 0.496 e. The van der Waals surface area contributed by atoms with Crippen molar-refractivity contribution in [3.05, 3.63) is 63.7 Å². The maximum absolute atomic E-state index is 10.8. The van der Waals surface area contributed by atoms with Crippen molar-refractivity contribution in [1.82, 2.24) is 0 Å². The summed E-state index contributed by atoms with van der Waals surface area (Å²) in [6, 6.07) is 12.8. The van der Waals surface area contributed by atoms with Gasteiger partial charge < -0.3 is 10.1 Å². The van der Waals surface area contributed by atoms with Crippen molar-refractivity contribution in [1.29, 1.82) is 0 Å². The molecule has 5 nitrogen and oxygen atoms in total. The lowest BCUT2D eigenvalue weighted by molar-refractivity contribution is -0.385. The molecular formula is C16H18N2O3. The molecule has 0 aliphatic rings. The first-order chi connectivity index (χ1) is 10.0. The third-order valence-electron chi connectivity index (χ3n) is 3.38. The Morgan fingerprint density at radius 2 is 1.95 bits per heavy atom. The Labute approximate surface area is 123 Å². The molecule has 2 aromatic rings. The Balaban J connectivity index is 2.21. The highest BCUT2D eigenvalue weighted by molar-refractivity contribution is 5.55. The number of methoxy groups -OCH3 is 1. The molecule has 0 heterocycles. The van der Waals surface area contributed by atoms with Gasteiger partial charge in [-0.05, 0) is 32.0 Å². The lowest BCUT2D eigenvalue weighted by atomic mass is 10.1. The Bertz CT molecular complexity index is 656. The van der Waals surface area contributed by atoms with Crippen LogP contribution in [-0.4, -0.2) is 12.0 Å². The van der Waals surface area contributed by atoms with E-state index in [2.05, 4.69) is 5.32 Å². The second-order valence-electron chi connectivity index (χ2n) is 4.87. The average Bonchev–Trinajstić information content (AvgIpc) is 2.46. The quantitative estimate of drug-likeness (QED) is 0.664. The van der Waals surface area contributed by atoms with E-state index in [1.165, 1.54) is 6.07 Å². The summed E-state index contributed by atoms with van der Waals surface area (Å²) in [5.41, 5.74) is 2.65. The van der Waals surface area contributed by atoms with Crippen molar-refractivity contribution in [3.63, 3.8) is 0 Å². The van der Waals surface area contributed by atoms with Gasteiger partial charge in [0.15, 0.2) is 0 Å². The summed E-state index contributed by atoms with van der Waals surface area (Å²) in [6.07, 6.45) is 0. The first-order valence-electron chi connectivity index (χ1n) is 6.67. The molecule has 0 aliphatic carbocycles. The first-order valence-corrected chi connectivity index (χ1v) is 6.67. The van der Waals surface area contributed by atoms with E-state index in [9.17, 15) is 10.1 Å². The maximum atomic E-state index is 10.8. The molecule has 110 valence electrons. The van der Waals surface area contributed by atoms with E-state index < -0.39 is 0 Å². The molecule has 1 unspecified atom stereocenters. The number of hydrogen-bond donors (Lipinski definition) is 1. The Morgan fingerprint density at radius 3 is 2.57 bits per heavy atom. The van der Waals surface area contributed by atoms with Gasteiger partial charge in [-0.1, -0.05) is 18.2 Å². The number of aryl methyl sites for hydroxylation is 1. The van der Waals surface area contributed by atoms with Crippen LogP contribution in [0.1, 0.15) is 24.1 Å². The summed E-state index contributed by atoms with van der Waals surface area (Å²) in [6.45, 7) is 3.76. The van der Waals surface area contributed by atoms with Crippen LogP contribution >= 0.6 is 0 Å². The molecule has 5 heteroatoms. The van der Waals surface area contributed by atoms with Crippen LogP contribution in [0, 0.1) is 17.0 Å². The highest BCUT2D eigenvalue weighted by Gasteiger charge is 2.13. The van der Waals surface area contributed by atoms with Crippen molar-refractivity contribution in [3.8, 4) is 5.75 Å². The number of para-hydroxylation sites is 1. The number of nitro groups is 1. The van der Waals surface area contributed by atoms with E-state index in [1.54, 1.807) is 26.2 Å². The number of nitro benzene ring substituents is 1.